The van der Waals surface area contributed by atoms with E-state index in [1.165, 1.54) is 5.56 Å². The molecule has 1 amide bonds. The van der Waals surface area contributed by atoms with E-state index < -0.39 is 12.1 Å². The number of carboxylic acid groups (broad SMARTS) is 1. The summed E-state index contributed by atoms with van der Waals surface area (Å²) >= 11 is 0. The lowest BCUT2D eigenvalue weighted by Gasteiger charge is -2.22. The molecule has 1 fully saturated rings. The van der Waals surface area contributed by atoms with E-state index in [1.807, 2.05) is 35.2 Å². The molecule has 0 bridgehead atoms. The summed E-state index contributed by atoms with van der Waals surface area (Å²) in [7, 11) is 0. The van der Waals surface area contributed by atoms with Crippen LogP contribution >= 0.6 is 0 Å². The number of rotatable bonds is 11. The van der Waals surface area contributed by atoms with Crippen LogP contribution in [0.15, 0.2) is 36.4 Å². The molecule has 1 aromatic rings. The van der Waals surface area contributed by atoms with Crippen molar-refractivity contribution in [3.63, 3.8) is 0 Å². The van der Waals surface area contributed by atoms with Gasteiger partial charge in [-0.25, -0.2) is 0 Å². The zero-order valence-electron chi connectivity index (χ0n) is 16.1. The molecule has 1 saturated heterocycles. The second-order valence-electron chi connectivity index (χ2n) is 7.18. The smallest absolute Gasteiger partial charge is 0.303 e. The summed E-state index contributed by atoms with van der Waals surface area (Å²) in [5.41, 5.74) is 2.07. The van der Waals surface area contributed by atoms with E-state index in [0.717, 1.165) is 37.7 Å². The SMILES string of the molecule is CCc1cccc(C(O)C=CC2CCC(=O)N2CCCCCCC(=O)O)c1. The molecule has 27 heavy (non-hydrogen) atoms. The second-order valence-corrected chi connectivity index (χ2v) is 7.18. The van der Waals surface area contributed by atoms with E-state index in [9.17, 15) is 14.7 Å². The maximum Gasteiger partial charge on any atom is 0.303 e. The summed E-state index contributed by atoms with van der Waals surface area (Å²) in [5, 5.41) is 19.1. The maximum absolute atomic E-state index is 12.1. The highest BCUT2D eigenvalue weighted by Crippen LogP contribution is 2.23. The molecule has 1 aliphatic heterocycles. The van der Waals surface area contributed by atoms with Crippen LogP contribution in [-0.2, 0) is 16.0 Å². The Kier molecular flexibility index (Phi) is 8.52. The standard InChI is InChI=1S/C22H31NO4/c1-2-17-8-7-9-18(16-17)20(24)13-11-19-12-14-21(25)23(19)15-6-4-3-5-10-22(26)27/h7-9,11,13,16,19-20,24H,2-6,10,12,14-15H2,1H3,(H,26,27). The highest BCUT2D eigenvalue weighted by molar-refractivity contribution is 5.79. The normalized spacial score (nSPS) is 18.4. The monoisotopic (exact) mass is 373 g/mol. The first-order valence-electron chi connectivity index (χ1n) is 9.97. The lowest BCUT2D eigenvalue weighted by Crippen LogP contribution is -2.32. The van der Waals surface area contributed by atoms with Crippen molar-refractivity contribution in [1.29, 1.82) is 0 Å². The van der Waals surface area contributed by atoms with Gasteiger partial charge in [-0.05, 0) is 36.8 Å². The van der Waals surface area contributed by atoms with E-state index in [0.29, 0.717) is 19.4 Å². The number of carbonyl (C=O) groups excluding carboxylic acids is 1. The van der Waals surface area contributed by atoms with Crippen molar-refractivity contribution in [3.8, 4) is 0 Å². The third-order valence-electron chi connectivity index (χ3n) is 5.13. The first-order chi connectivity index (χ1) is 13.0. The molecule has 2 unspecified atom stereocenters. The summed E-state index contributed by atoms with van der Waals surface area (Å²) in [6, 6.07) is 7.99. The Bertz CT molecular complexity index is 655. The number of amides is 1. The minimum absolute atomic E-state index is 0.0422. The molecule has 0 radical (unpaired) electrons. The van der Waals surface area contributed by atoms with Crippen LogP contribution in [0.25, 0.3) is 0 Å². The quantitative estimate of drug-likeness (QED) is 0.456. The first kappa shape index (κ1) is 21.2. The Morgan fingerprint density at radius 1 is 1.30 bits per heavy atom. The van der Waals surface area contributed by atoms with Gasteiger partial charge in [0, 0.05) is 19.4 Å². The molecular formula is C22H31NO4. The van der Waals surface area contributed by atoms with Crippen LogP contribution in [0.4, 0.5) is 0 Å². The lowest BCUT2D eigenvalue weighted by atomic mass is 10.0. The summed E-state index contributed by atoms with van der Waals surface area (Å²) in [6.07, 6.45) is 8.95. The Morgan fingerprint density at radius 2 is 2.07 bits per heavy atom. The molecule has 0 saturated carbocycles. The number of aliphatic carboxylic acids is 1. The van der Waals surface area contributed by atoms with Gasteiger partial charge in [0.15, 0.2) is 0 Å². The molecule has 2 N–H and O–H groups in total. The fraction of sp³-hybridized carbons (Fsp3) is 0.545. The zero-order valence-corrected chi connectivity index (χ0v) is 16.1. The predicted octanol–water partition coefficient (Wildman–Crippen LogP) is 3.86. The number of aliphatic hydroxyl groups excluding tert-OH is 1. The van der Waals surface area contributed by atoms with E-state index in [-0.39, 0.29) is 18.4 Å². The first-order valence-corrected chi connectivity index (χ1v) is 9.97. The molecule has 148 valence electrons. The Morgan fingerprint density at radius 3 is 2.81 bits per heavy atom. The van der Waals surface area contributed by atoms with Crippen molar-refractivity contribution in [2.45, 2.75) is 70.4 Å². The number of aryl methyl sites for hydroxylation is 1. The number of aliphatic hydroxyl groups is 1. The molecule has 1 heterocycles. The average Bonchev–Trinajstić information content (AvgIpc) is 3.02. The highest BCUT2D eigenvalue weighted by atomic mass is 16.4. The Balaban J connectivity index is 1.83. The Labute approximate surface area is 161 Å². The third kappa shape index (κ3) is 6.83. The minimum atomic E-state index is -0.752. The van der Waals surface area contributed by atoms with E-state index in [4.69, 9.17) is 5.11 Å². The summed E-state index contributed by atoms with van der Waals surface area (Å²) in [4.78, 5) is 24.5. The van der Waals surface area contributed by atoms with Gasteiger partial charge in [-0.2, -0.15) is 0 Å². The van der Waals surface area contributed by atoms with Gasteiger partial charge in [-0.15, -0.1) is 0 Å². The van der Waals surface area contributed by atoms with Crippen LogP contribution in [0, 0.1) is 0 Å². The average molecular weight is 373 g/mol. The van der Waals surface area contributed by atoms with Crippen LogP contribution in [0.3, 0.4) is 0 Å². The van der Waals surface area contributed by atoms with Gasteiger partial charge in [0.1, 0.15) is 0 Å². The van der Waals surface area contributed by atoms with Crippen LogP contribution in [0.2, 0.25) is 0 Å². The number of likely N-dealkylation sites (tertiary alicyclic amines) is 1. The van der Waals surface area contributed by atoms with E-state index >= 15 is 0 Å². The minimum Gasteiger partial charge on any atom is -0.481 e. The highest BCUT2D eigenvalue weighted by Gasteiger charge is 2.28. The molecule has 5 nitrogen and oxygen atoms in total. The van der Waals surface area contributed by atoms with Crippen molar-refractivity contribution < 1.29 is 19.8 Å². The molecule has 2 atom stereocenters. The van der Waals surface area contributed by atoms with Crippen molar-refractivity contribution in [1.82, 2.24) is 4.90 Å². The van der Waals surface area contributed by atoms with Gasteiger partial charge < -0.3 is 15.1 Å². The Hall–Kier alpha value is -2.14. The predicted molar refractivity (Wildman–Crippen MR) is 105 cm³/mol. The molecule has 1 aromatic carbocycles. The number of carbonyl (C=O) groups is 2. The van der Waals surface area contributed by atoms with Gasteiger partial charge in [0.05, 0.1) is 12.1 Å². The lowest BCUT2D eigenvalue weighted by molar-refractivity contribution is -0.137. The van der Waals surface area contributed by atoms with E-state index in [1.54, 1.807) is 6.08 Å². The molecule has 0 aromatic heterocycles. The third-order valence-corrected chi connectivity index (χ3v) is 5.13. The molecule has 5 heteroatoms. The summed E-state index contributed by atoms with van der Waals surface area (Å²) < 4.78 is 0. The van der Waals surface area contributed by atoms with E-state index in [2.05, 4.69) is 6.92 Å². The van der Waals surface area contributed by atoms with Crippen LogP contribution < -0.4 is 0 Å². The molecule has 1 aliphatic rings. The second kappa shape index (κ2) is 10.9. The van der Waals surface area contributed by atoms with Crippen molar-refractivity contribution in [2.24, 2.45) is 0 Å². The van der Waals surface area contributed by atoms with Crippen molar-refractivity contribution >= 4 is 11.9 Å². The summed E-state index contributed by atoms with van der Waals surface area (Å²) in [6.45, 7) is 2.79. The molecule has 2 rings (SSSR count). The van der Waals surface area contributed by atoms with Gasteiger partial charge in [0.25, 0.3) is 0 Å². The van der Waals surface area contributed by atoms with Gasteiger partial charge in [0.2, 0.25) is 5.91 Å². The number of hydrogen-bond acceptors (Lipinski definition) is 3. The molecule has 0 aliphatic carbocycles. The number of hydrogen-bond donors (Lipinski definition) is 2. The van der Waals surface area contributed by atoms with Crippen molar-refractivity contribution in [3.05, 3.63) is 47.5 Å². The van der Waals surface area contributed by atoms with Gasteiger partial charge in [-0.1, -0.05) is 56.2 Å². The number of unbranched alkanes of at least 4 members (excludes halogenated alkanes) is 3. The topological polar surface area (TPSA) is 77.8 Å². The largest absolute Gasteiger partial charge is 0.481 e. The van der Waals surface area contributed by atoms with Gasteiger partial charge in [-0.3, -0.25) is 9.59 Å². The maximum atomic E-state index is 12.1. The molecule has 0 spiro atoms. The fourth-order valence-electron chi connectivity index (χ4n) is 3.50. The van der Waals surface area contributed by atoms with Crippen molar-refractivity contribution in [2.75, 3.05) is 6.54 Å². The zero-order chi connectivity index (χ0) is 19.6. The van der Waals surface area contributed by atoms with Crippen LogP contribution in [0.5, 0.6) is 0 Å². The number of nitrogens with zero attached hydrogens (tertiary/aromatic N) is 1. The van der Waals surface area contributed by atoms with Crippen LogP contribution in [0.1, 0.15) is 69.1 Å². The van der Waals surface area contributed by atoms with Gasteiger partial charge >= 0.3 is 5.97 Å². The number of benzene rings is 1. The fourth-order valence-corrected chi connectivity index (χ4v) is 3.50. The summed E-state index contributed by atoms with van der Waals surface area (Å²) in [5.74, 6) is -0.587. The number of carboxylic acids is 1. The van der Waals surface area contributed by atoms with Crippen LogP contribution in [-0.4, -0.2) is 39.6 Å². The molecular weight excluding hydrogens is 342 g/mol.